The maximum atomic E-state index is 13.0. The Bertz CT molecular complexity index is 1260. The molecule has 220 valence electrons. The molecule has 14 heteroatoms. The maximum absolute atomic E-state index is 13.0. The van der Waals surface area contributed by atoms with Gasteiger partial charge in [-0.05, 0) is 31.7 Å². The zero-order valence-corrected chi connectivity index (χ0v) is 23.0. The third-order valence-corrected chi connectivity index (χ3v) is 6.67. The molecule has 3 rings (SSSR count). The summed E-state index contributed by atoms with van der Waals surface area (Å²) in [6.07, 6.45) is 3.11. The van der Waals surface area contributed by atoms with Crippen molar-refractivity contribution in [2.24, 2.45) is 5.92 Å². The summed E-state index contributed by atoms with van der Waals surface area (Å²) in [5.41, 5.74) is 1.35. The number of Topliss-reactive ketones (excluding diaryl/α,β-unsaturated/α-hetero) is 1. The summed E-state index contributed by atoms with van der Waals surface area (Å²) in [5.74, 6) is -3.65. The average molecular weight is 570 g/mol. The third kappa shape index (κ3) is 9.51. The van der Waals surface area contributed by atoms with Gasteiger partial charge >= 0.3 is 5.97 Å². The van der Waals surface area contributed by atoms with Gasteiger partial charge in [-0.25, -0.2) is 4.68 Å². The van der Waals surface area contributed by atoms with Crippen LogP contribution in [0.1, 0.15) is 37.9 Å². The van der Waals surface area contributed by atoms with Gasteiger partial charge in [0.1, 0.15) is 19.1 Å². The summed E-state index contributed by atoms with van der Waals surface area (Å²) in [4.78, 5) is 74.4. The topological polar surface area (TPSA) is 193 Å². The Morgan fingerprint density at radius 2 is 1.78 bits per heavy atom. The quantitative estimate of drug-likeness (QED) is 0.223. The number of hydrogen-bond acceptors (Lipinski definition) is 8. The number of carbonyl (C=O) groups excluding carboxylic acids is 5. The van der Waals surface area contributed by atoms with Crippen molar-refractivity contribution in [3.63, 3.8) is 0 Å². The van der Waals surface area contributed by atoms with E-state index < -0.39 is 54.1 Å². The van der Waals surface area contributed by atoms with E-state index in [2.05, 4.69) is 26.3 Å². The van der Waals surface area contributed by atoms with Gasteiger partial charge in [0.2, 0.25) is 23.6 Å². The number of benzene rings is 1. The fourth-order valence-corrected chi connectivity index (χ4v) is 4.48. The van der Waals surface area contributed by atoms with Crippen LogP contribution < -0.4 is 16.0 Å². The lowest BCUT2D eigenvalue weighted by molar-refractivity contribution is -0.139. The first kappa shape index (κ1) is 30.9. The predicted octanol–water partition coefficient (Wildman–Crippen LogP) is -0.919. The van der Waals surface area contributed by atoms with Crippen LogP contribution in [0.4, 0.5) is 0 Å². The number of nitrogens with one attached hydrogen (secondary N) is 3. The van der Waals surface area contributed by atoms with Crippen LogP contribution in [0.25, 0.3) is 0 Å². The molecule has 1 fully saturated rings. The second kappa shape index (κ2) is 14.7. The SMILES string of the molecule is CC(=O)C(Cc1ccccc1)NC(=O)C1CCCN1C(=O)CNC(=O)Cn1cc(CC(C)C(=O)NCC(=O)O)nn1. The average Bonchev–Trinajstić information content (AvgIpc) is 3.60. The molecule has 0 bridgehead atoms. The summed E-state index contributed by atoms with van der Waals surface area (Å²) in [6, 6.07) is 7.89. The summed E-state index contributed by atoms with van der Waals surface area (Å²) in [5, 5.41) is 24.1. The highest BCUT2D eigenvalue weighted by Gasteiger charge is 2.35. The molecule has 0 saturated carbocycles. The summed E-state index contributed by atoms with van der Waals surface area (Å²) >= 11 is 0. The number of carboxylic acid groups (broad SMARTS) is 1. The minimum atomic E-state index is -1.15. The molecule has 1 saturated heterocycles. The number of aromatic nitrogens is 3. The van der Waals surface area contributed by atoms with Gasteiger partial charge in [0.25, 0.3) is 0 Å². The van der Waals surface area contributed by atoms with Crippen molar-refractivity contribution < 1.29 is 33.9 Å². The third-order valence-electron chi connectivity index (χ3n) is 6.67. The number of nitrogens with zero attached hydrogens (tertiary/aromatic N) is 4. The fraction of sp³-hybridized carbons (Fsp3) is 0.481. The van der Waals surface area contributed by atoms with Crippen LogP contribution in [0.3, 0.4) is 0 Å². The van der Waals surface area contributed by atoms with Crippen molar-refractivity contribution in [3.8, 4) is 0 Å². The number of ketones is 1. The van der Waals surface area contributed by atoms with Gasteiger partial charge in [-0.1, -0.05) is 42.5 Å². The summed E-state index contributed by atoms with van der Waals surface area (Å²) in [7, 11) is 0. The van der Waals surface area contributed by atoms with Crippen LogP contribution in [0.2, 0.25) is 0 Å². The predicted molar refractivity (Wildman–Crippen MR) is 144 cm³/mol. The summed E-state index contributed by atoms with van der Waals surface area (Å²) < 4.78 is 1.26. The van der Waals surface area contributed by atoms with Crippen LogP contribution in [0.15, 0.2) is 36.5 Å². The smallest absolute Gasteiger partial charge is 0.322 e. The molecule has 41 heavy (non-hydrogen) atoms. The Kier molecular flexibility index (Phi) is 11.1. The number of aliphatic carboxylic acids is 1. The van der Waals surface area contributed by atoms with E-state index in [9.17, 15) is 28.8 Å². The highest BCUT2D eigenvalue weighted by molar-refractivity contribution is 5.93. The minimum Gasteiger partial charge on any atom is -0.480 e. The second-order valence-corrected chi connectivity index (χ2v) is 10.0. The van der Waals surface area contributed by atoms with Crippen molar-refractivity contribution in [3.05, 3.63) is 47.8 Å². The Morgan fingerprint density at radius 3 is 2.46 bits per heavy atom. The Morgan fingerprint density at radius 1 is 1.05 bits per heavy atom. The van der Waals surface area contributed by atoms with Crippen LogP contribution >= 0.6 is 0 Å². The molecule has 1 aromatic carbocycles. The van der Waals surface area contributed by atoms with E-state index in [0.29, 0.717) is 31.5 Å². The molecular formula is C27H35N7O7. The Hall–Kier alpha value is -4.62. The lowest BCUT2D eigenvalue weighted by Crippen LogP contribution is -2.52. The molecule has 14 nitrogen and oxygen atoms in total. The van der Waals surface area contributed by atoms with Crippen LogP contribution in [0, 0.1) is 5.92 Å². The molecule has 1 aromatic heterocycles. The normalized spacial score (nSPS) is 16.0. The van der Waals surface area contributed by atoms with Crippen molar-refractivity contribution in [2.75, 3.05) is 19.6 Å². The largest absolute Gasteiger partial charge is 0.480 e. The molecular weight excluding hydrogens is 534 g/mol. The Balaban J connectivity index is 1.46. The van der Waals surface area contributed by atoms with Gasteiger partial charge in [-0.15, -0.1) is 5.10 Å². The first-order valence-corrected chi connectivity index (χ1v) is 13.3. The van der Waals surface area contributed by atoms with Gasteiger partial charge < -0.3 is 26.0 Å². The number of rotatable bonds is 14. The van der Waals surface area contributed by atoms with E-state index in [1.165, 1.54) is 22.7 Å². The van der Waals surface area contributed by atoms with Crippen molar-refractivity contribution in [1.82, 2.24) is 35.8 Å². The monoisotopic (exact) mass is 569 g/mol. The molecule has 1 aliphatic heterocycles. The van der Waals surface area contributed by atoms with Gasteiger partial charge in [0, 0.05) is 25.1 Å². The van der Waals surface area contributed by atoms with Crippen molar-refractivity contribution in [2.45, 2.75) is 58.2 Å². The molecule has 3 unspecified atom stereocenters. The van der Waals surface area contributed by atoms with E-state index in [-0.39, 0.29) is 25.3 Å². The highest BCUT2D eigenvalue weighted by Crippen LogP contribution is 2.18. The number of carbonyl (C=O) groups is 6. The molecule has 4 amide bonds. The van der Waals surface area contributed by atoms with E-state index in [1.807, 2.05) is 30.3 Å². The van der Waals surface area contributed by atoms with Crippen molar-refractivity contribution >= 4 is 35.4 Å². The van der Waals surface area contributed by atoms with Crippen LogP contribution in [-0.4, -0.2) is 92.1 Å². The lowest BCUT2D eigenvalue weighted by Gasteiger charge is -2.26. The number of hydrogen-bond donors (Lipinski definition) is 4. The molecule has 1 aliphatic rings. The second-order valence-electron chi connectivity index (χ2n) is 10.0. The molecule has 3 atom stereocenters. The van der Waals surface area contributed by atoms with Gasteiger partial charge in [0.05, 0.1) is 18.3 Å². The van der Waals surface area contributed by atoms with Crippen LogP contribution in [-0.2, 0) is 48.2 Å². The standard InChI is InChI=1S/C27H35N7O7/c1-17(26(40)29-14-25(38)39)11-20-15-33(32-31-20)16-23(36)28-13-24(37)34-10-6-9-22(34)27(41)30-21(18(2)35)12-19-7-4-3-5-8-19/h3-5,7-8,15,17,21-22H,6,9-14,16H2,1-2H3,(H,28,36)(H,29,40)(H,30,41)(H,38,39). The molecule has 2 heterocycles. The molecule has 0 spiro atoms. The van der Waals surface area contributed by atoms with E-state index in [4.69, 9.17) is 5.11 Å². The first-order valence-electron chi connectivity index (χ1n) is 13.3. The van der Waals surface area contributed by atoms with E-state index in [1.54, 1.807) is 6.92 Å². The highest BCUT2D eigenvalue weighted by atomic mass is 16.4. The molecule has 4 N–H and O–H groups in total. The van der Waals surface area contributed by atoms with Crippen molar-refractivity contribution in [1.29, 1.82) is 0 Å². The number of likely N-dealkylation sites (tertiary alicyclic amines) is 1. The Labute approximate surface area is 236 Å². The minimum absolute atomic E-state index is 0.183. The van der Waals surface area contributed by atoms with E-state index in [0.717, 1.165) is 5.56 Å². The number of carboxylic acids is 1. The maximum Gasteiger partial charge on any atom is 0.322 e. The fourth-order valence-electron chi connectivity index (χ4n) is 4.48. The van der Waals surface area contributed by atoms with Gasteiger partial charge in [0.15, 0.2) is 5.78 Å². The summed E-state index contributed by atoms with van der Waals surface area (Å²) in [6.45, 7) is 2.38. The van der Waals surface area contributed by atoms with Gasteiger partial charge in [-0.3, -0.25) is 28.8 Å². The lowest BCUT2D eigenvalue weighted by atomic mass is 10.0. The molecule has 0 aliphatic carbocycles. The molecule has 2 aromatic rings. The van der Waals surface area contributed by atoms with Crippen LogP contribution in [0.5, 0.6) is 0 Å². The first-order chi connectivity index (χ1) is 19.5. The number of amides is 4. The zero-order chi connectivity index (χ0) is 29.9. The zero-order valence-electron chi connectivity index (χ0n) is 23.0. The molecule has 0 radical (unpaired) electrons. The van der Waals surface area contributed by atoms with E-state index >= 15 is 0 Å². The van der Waals surface area contributed by atoms with Gasteiger partial charge in [-0.2, -0.15) is 0 Å².